The van der Waals surface area contributed by atoms with Crippen LogP contribution in [-0.4, -0.2) is 42.0 Å². The second kappa shape index (κ2) is 6.36. The van der Waals surface area contributed by atoms with E-state index in [9.17, 15) is 4.79 Å². The van der Waals surface area contributed by atoms with Gasteiger partial charge in [-0.3, -0.25) is 4.79 Å². The van der Waals surface area contributed by atoms with Gasteiger partial charge in [-0.15, -0.1) is 0 Å². The summed E-state index contributed by atoms with van der Waals surface area (Å²) >= 11 is 0. The van der Waals surface area contributed by atoms with Gasteiger partial charge in [0.2, 0.25) is 5.91 Å². The van der Waals surface area contributed by atoms with Crippen LogP contribution in [0, 0.1) is 0 Å². The second-order valence-electron chi connectivity index (χ2n) is 5.20. The van der Waals surface area contributed by atoms with E-state index < -0.39 is 5.54 Å². The highest BCUT2D eigenvalue weighted by atomic mass is 16.2. The number of hydrogen-bond acceptors (Lipinski definition) is 3. The minimum absolute atomic E-state index is 0.0350. The molecule has 1 amide bonds. The van der Waals surface area contributed by atoms with E-state index in [0.29, 0.717) is 0 Å². The molecule has 0 radical (unpaired) electrons. The molecule has 1 rings (SSSR count). The molecule has 1 atom stereocenters. The molecule has 1 saturated carbocycles. The number of hydrogen-bond donors (Lipinski definition) is 2. The lowest BCUT2D eigenvalue weighted by atomic mass is 10.1. The van der Waals surface area contributed by atoms with E-state index in [-0.39, 0.29) is 11.9 Å². The van der Waals surface area contributed by atoms with Crippen molar-refractivity contribution in [2.24, 2.45) is 5.73 Å². The third kappa shape index (κ3) is 4.64. The van der Waals surface area contributed by atoms with Gasteiger partial charge in [-0.1, -0.05) is 13.8 Å². The number of rotatable bonds is 8. The van der Waals surface area contributed by atoms with Gasteiger partial charge in [0.05, 0.1) is 5.54 Å². The van der Waals surface area contributed by atoms with E-state index in [2.05, 4.69) is 31.0 Å². The first-order valence-electron chi connectivity index (χ1n) is 6.84. The van der Waals surface area contributed by atoms with Crippen molar-refractivity contribution < 1.29 is 4.79 Å². The Kier molecular flexibility index (Phi) is 5.40. The zero-order valence-corrected chi connectivity index (χ0v) is 11.5. The largest absolute Gasteiger partial charge is 0.352 e. The number of nitrogens with two attached hydrogens (primary N) is 1. The highest BCUT2D eigenvalue weighted by Gasteiger charge is 2.46. The fourth-order valence-electron chi connectivity index (χ4n) is 1.96. The molecule has 4 nitrogen and oxygen atoms in total. The third-order valence-electron chi connectivity index (χ3n) is 3.62. The molecule has 3 N–H and O–H groups in total. The zero-order valence-electron chi connectivity index (χ0n) is 11.5. The molecule has 0 aromatic rings. The molecule has 100 valence electrons. The average Bonchev–Trinajstić information content (AvgIpc) is 3.04. The highest BCUT2D eigenvalue weighted by Crippen LogP contribution is 2.32. The van der Waals surface area contributed by atoms with Gasteiger partial charge in [0.1, 0.15) is 0 Å². The Labute approximate surface area is 105 Å². The van der Waals surface area contributed by atoms with Crippen LogP contribution < -0.4 is 11.1 Å². The molecule has 1 unspecified atom stereocenters. The van der Waals surface area contributed by atoms with Crippen LogP contribution in [0.3, 0.4) is 0 Å². The zero-order chi connectivity index (χ0) is 12.9. The van der Waals surface area contributed by atoms with E-state index in [1.165, 1.54) is 0 Å². The van der Waals surface area contributed by atoms with Crippen LogP contribution in [0.2, 0.25) is 0 Å². The summed E-state index contributed by atoms with van der Waals surface area (Å²) in [5.74, 6) is 0.0350. The van der Waals surface area contributed by atoms with Gasteiger partial charge < -0.3 is 16.0 Å². The summed E-state index contributed by atoms with van der Waals surface area (Å²) in [7, 11) is 0. The fraction of sp³-hybridized carbons (Fsp3) is 0.923. The monoisotopic (exact) mass is 241 g/mol. The topological polar surface area (TPSA) is 58.4 Å². The number of amides is 1. The predicted octanol–water partition coefficient (Wildman–Crippen LogP) is 1.10. The van der Waals surface area contributed by atoms with Crippen LogP contribution in [0.4, 0.5) is 0 Å². The van der Waals surface area contributed by atoms with Crippen LogP contribution >= 0.6 is 0 Å². The number of nitrogens with zero attached hydrogens (tertiary/aromatic N) is 1. The van der Waals surface area contributed by atoms with Gasteiger partial charge >= 0.3 is 0 Å². The smallest absolute Gasteiger partial charge is 0.240 e. The number of nitrogens with one attached hydrogen (secondary N) is 1. The molecular formula is C13H27N3O. The Balaban J connectivity index is 2.12. The molecule has 1 aliphatic carbocycles. The molecule has 1 fully saturated rings. The summed E-state index contributed by atoms with van der Waals surface area (Å²) < 4.78 is 0. The van der Waals surface area contributed by atoms with Crippen LogP contribution in [0.15, 0.2) is 0 Å². The summed E-state index contributed by atoms with van der Waals surface area (Å²) in [5.41, 5.74) is 5.30. The summed E-state index contributed by atoms with van der Waals surface area (Å²) in [6.45, 7) is 9.74. The Morgan fingerprint density at radius 2 is 2.00 bits per heavy atom. The Morgan fingerprint density at radius 1 is 1.41 bits per heavy atom. The lowest BCUT2D eigenvalue weighted by molar-refractivity contribution is -0.123. The lowest BCUT2D eigenvalue weighted by Crippen LogP contribution is -2.46. The number of carbonyl (C=O) groups excluding carboxylic acids is 1. The minimum Gasteiger partial charge on any atom is -0.352 e. The van der Waals surface area contributed by atoms with Crippen molar-refractivity contribution >= 4 is 5.91 Å². The molecule has 0 bridgehead atoms. The van der Waals surface area contributed by atoms with E-state index in [0.717, 1.165) is 45.3 Å². The predicted molar refractivity (Wildman–Crippen MR) is 70.8 cm³/mol. The molecular weight excluding hydrogens is 214 g/mol. The first-order chi connectivity index (χ1) is 8.01. The number of carbonyl (C=O) groups is 1. The maximum Gasteiger partial charge on any atom is 0.240 e. The van der Waals surface area contributed by atoms with Crippen molar-refractivity contribution in [1.29, 1.82) is 0 Å². The quantitative estimate of drug-likeness (QED) is 0.669. The standard InChI is InChI=1S/C13H27N3O/c1-4-16(5-2)10-6-7-11(3)15-12(17)13(14)8-9-13/h11H,4-10,14H2,1-3H3,(H,15,17). The van der Waals surface area contributed by atoms with E-state index >= 15 is 0 Å². The van der Waals surface area contributed by atoms with Gasteiger partial charge in [-0.2, -0.15) is 0 Å². The molecule has 0 saturated heterocycles. The SMILES string of the molecule is CCN(CC)CCCC(C)NC(=O)C1(N)CC1. The molecule has 17 heavy (non-hydrogen) atoms. The summed E-state index contributed by atoms with van der Waals surface area (Å²) in [5, 5.41) is 3.01. The summed E-state index contributed by atoms with van der Waals surface area (Å²) in [4.78, 5) is 14.1. The van der Waals surface area contributed by atoms with Gasteiger partial charge in [-0.05, 0) is 52.2 Å². The Bertz CT molecular complexity index is 247. The van der Waals surface area contributed by atoms with Crippen LogP contribution in [0.5, 0.6) is 0 Å². The lowest BCUT2D eigenvalue weighted by Gasteiger charge is -2.20. The van der Waals surface area contributed by atoms with E-state index in [1.807, 2.05) is 0 Å². The fourth-order valence-corrected chi connectivity index (χ4v) is 1.96. The van der Waals surface area contributed by atoms with Gasteiger partial charge in [0, 0.05) is 6.04 Å². The normalized spacial score (nSPS) is 19.1. The molecule has 0 heterocycles. The third-order valence-corrected chi connectivity index (χ3v) is 3.62. The van der Waals surface area contributed by atoms with Crippen LogP contribution in [0.1, 0.15) is 46.5 Å². The van der Waals surface area contributed by atoms with Gasteiger partial charge in [0.15, 0.2) is 0 Å². The van der Waals surface area contributed by atoms with Crippen molar-refractivity contribution in [1.82, 2.24) is 10.2 Å². The molecule has 0 aliphatic heterocycles. The summed E-state index contributed by atoms with van der Waals surface area (Å²) in [6.07, 6.45) is 3.83. The molecule has 1 aliphatic rings. The van der Waals surface area contributed by atoms with Crippen molar-refractivity contribution in [3.63, 3.8) is 0 Å². The molecule has 0 aromatic carbocycles. The van der Waals surface area contributed by atoms with E-state index in [1.54, 1.807) is 0 Å². The van der Waals surface area contributed by atoms with Gasteiger partial charge in [0.25, 0.3) is 0 Å². The van der Waals surface area contributed by atoms with Crippen molar-refractivity contribution in [3.8, 4) is 0 Å². The minimum atomic E-state index is -0.535. The Hall–Kier alpha value is -0.610. The molecule has 4 heteroatoms. The maximum atomic E-state index is 11.7. The molecule has 0 spiro atoms. The average molecular weight is 241 g/mol. The molecule has 0 aromatic heterocycles. The van der Waals surface area contributed by atoms with Crippen LogP contribution in [-0.2, 0) is 4.79 Å². The van der Waals surface area contributed by atoms with Crippen molar-refractivity contribution in [2.45, 2.75) is 58.0 Å². The maximum absolute atomic E-state index is 11.7. The first-order valence-corrected chi connectivity index (χ1v) is 6.84. The Morgan fingerprint density at radius 3 is 2.47 bits per heavy atom. The first kappa shape index (κ1) is 14.5. The summed E-state index contributed by atoms with van der Waals surface area (Å²) in [6, 6.07) is 0.235. The van der Waals surface area contributed by atoms with E-state index in [4.69, 9.17) is 5.73 Å². The van der Waals surface area contributed by atoms with Crippen molar-refractivity contribution in [3.05, 3.63) is 0 Å². The highest BCUT2D eigenvalue weighted by molar-refractivity contribution is 5.89. The van der Waals surface area contributed by atoms with Crippen LogP contribution in [0.25, 0.3) is 0 Å². The van der Waals surface area contributed by atoms with Crippen molar-refractivity contribution in [2.75, 3.05) is 19.6 Å². The second-order valence-corrected chi connectivity index (χ2v) is 5.20. The van der Waals surface area contributed by atoms with Gasteiger partial charge in [-0.25, -0.2) is 0 Å².